The lowest BCUT2D eigenvalue weighted by Gasteiger charge is -2.00. The molecule has 0 unspecified atom stereocenters. The van der Waals surface area contributed by atoms with E-state index in [1.165, 1.54) is 6.07 Å². The molecule has 4 heteroatoms. The van der Waals surface area contributed by atoms with Gasteiger partial charge in [-0.05, 0) is 12.1 Å². The quantitative estimate of drug-likeness (QED) is 0.540. The molecule has 0 fully saturated rings. The van der Waals surface area contributed by atoms with Crippen molar-refractivity contribution in [3.63, 3.8) is 0 Å². The van der Waals surface area contributed by atoms with E-state index in [2.05, 4.69) is 0 Å². The zero-order valence-corrected chi connectivity index (χ0v) is 5.63. The van der Waals surface area contributed by atoms with Gasteiger partial charge in [0.05, 0.1) is 11.4 Å². The van der Waals surface area contributed by atoms with E-state index in [4.69, 9.17) is 16.7 Å². The molecule has 4 N–H and O–H groups in total. The van der Waals surface area contributed by atoms with Crippen LogP contribution in [0.25, 0.3) is 0 Å². The molecule has 0 aliphatic rings. The van der Waals surface area contributed by atoms with Crippen LogP contribution in [-0.2, 0) is 0 Å². The van der Waals surface area contributed by atoms with Crippen molar-refractivity contribution in [2.24, 2.45) is 0 Å². The van der Waals surface area contributed by atoms with Gasteiger partial charge < -0.3 is 11.5 Å². The van der Waals surface area contributed by atoms with Gasteiger partial charge in [0.2, 0.25) is 0 Å². The third-order valence-electron chi connectivity index (χ3n) is 1.34. The number of nitriles is 1. The van der Waals surface area contributed by atoms with Crippen LogP contribution >= 0.6 is 0 Å². The van der Waals surface area contributed by atoms with E-state index < -0.39 is 5.82 Å². The Balaban J connectivity index is 3.44. The predicted molar refractivity (Wildman–Crippen MR) is 39.9 cm³/mol. The maximum Gasteiger partial charge on any atom is 0.147 e. The zero-order valence-electron chi connectivity index (χ0n) is 5.63. The number of hydrogen-bond donors (Lipinski definition) is 2. The standard InChI is InChI=1S/C7H6FN3/c8-5-1-2-6(10)4(3-9)7(5)11/h1-2H,10-11H2. The Labute approximate surface area is 63.0 Å². The molecule has 1 aromatic carbocycles. The fourth-order valence-corrected chi connectivity index (χ4v) is 0.736. The Hall–Kier alpha value is -1.76. The number of hydrogen-bond acceptors (Lipinski definition) is 3. The fraction of sp³-hybridized carbons (Fsp3) is 0. The van der Waals surface area contributed by atoms with Crippen molar-refractivity contribution in [1.29, 1.82) is 5.26 Å². The molecule has 0 saturated carbocycles. The van der Waals surface area contributed by atoms with Crippen LogP contribution in [0.3, 0.4) is 0 Å². The molecule has 11 heavy (non-hydrogen) atoms. The molecule has 0 aliphatic carbocycles. The van der Waals surface area contributed by atoms with Gasteiger partial charge in [-0.3, -0.25) is 0 Å². The van der Waals surface area contributed by atoms with Gasteiger partial charge in [-0.1, -0.05) is 0 Å². The van der Waals surface area contributed by atoms with Crippen molar-refractivity contribution in [1.82, 2.24) is 0 Å². The van der Waals surface area contributed by atoms with Crippen LogP contribution < -0.4 is 11.5 Å². The summed E-state index contributed by atoms with van der Waals surface area (Å²) >= 11 is 0. The molecule has 0 bridgehead atoms. The molecule has 3 nitrogen and oxygen atoms in total. The zero-order chi connectivity index (χ0) is 8.43. The van der Waals surface area contributed by atoms with Crippen molar-refractivity contribution in [2.45, 2.75) is 0 Å². The summed E-state index contributed by atoms with van der Waals surface area (Å²) in [5.74, 6) is -0.615. The third-order valence-corrected chi connectivity index (χ3v) is 1.34. The van der Waals surface area contributed by atoms with E-state index in [0.29, 0.717) is 0 Å². The SMILES string of the molecule is N#Cc1c(N)ccc(F)c1N. The van der Waals surface area contributed by atoms with E-state index in [0.717, 1.165) is 6.07 Å². The number of nitrogens with two attached hydrogens (primary N) is 2. The molecular weight excluding hydrogens is 145 g/mol. The van der Waals surface area contributed by atoms with Crippen molar-refractivity contribution in [2.75, 3.05) is 11.5 Å². The molecule has 0 atom stereocenters. The first-order chi connectivity index (χ1) is 5.16. The second-order valence-electron chi connectivity index (χ2n) is 2.04. The van der Waals surface area contributed by atoms with E-state index in [1.54, 1.807) is 6.07 Å². The lowest BCUT2D eigenvalue weighted by molar-refractivity contribution is 0.632. The van der Waals surface area contributed by atoms with Crippen molar-refractivity contribution in [3.8, 4) is 6.07 Å². The molecule has 0 spiro atoms. The Morgan fingerprint density at radius 1 is 1.36 bits per heavy atom. The average Bonchev–Trinajstić information content (AvgIpc) is 1.99. The predicted octanol–water partition coefficient (Wildman–Crippen LogP) is 0.862. The van der Waals surface area contributed by atoms with Crippen molar-refractivity contribution < 1.29 is 4.39 Å². The Kier molecular flexibility index (Phi) is 1.65. The van der Waals surface area contributed by atoms with Crippen LogP contribution in [0.2, 0.25) is 0 Å². The lowest BCUT2D eigenvalue weighted by atomic mass is 10.1. The molecule has 0 saturated heterocycles. The average molecular weight is 151 g/mol. The van der Waals surface area contributed by atoms with E-state index in [9.17, 15) is 4.39 Å². The Morgan fingerprint density at radius 2 is 2.00 bits per heavy atom. The first-order valence-corrected chi connectivity index (χ1v) is 2.90. The summed E-state index contributed by atoms with van der Waals surface area (Å²) in [4.78, 5) is 0. The van der Waals surface area contributed by atoms with Crippen LogP contribution in [0.15, 0.2) is 12.1 Å². The molecule has 0 heterocycles. The molecule has 0 amide bonds. The summed E-state index contributed by atoms with van der Waals surface area (Å²) < 4.78 is 12.6. The van der Waals surface area contributed by atoms with E-state index in [-0.39, 0.29) is 16.9 Å². The molecule has 1 aromatic rings. The number of benzene rings is 1. The monoisotopic (exact) mass is 151 g/mol. The van der Waals surface area contributed by atoms with E-state index in [1.807, 2.05) is 0 Å². The molecule has 56 valence electrons. The number of rotatable bonds is 0. The molecule has 0 aromatic heterocycles. The van der Waals surface area contributed by atoms with Crippen LogP contribution in [0.4, 0.5) is 15.8 Å². The normalized spacial score (nSPS) is 9.09. The molecule has 1 rings (SSSR count). The minimum absolute atomic E-state index is 0.00463. The number of nitrogen functional groups attached to an aromatic ring is 2. The summed E-state index contributed by atoms with van der Waals surface area (Å²) in [7, 11) is 0. The smallest absolute Gasteiger partial charge is 0.147 e. The highest BCUT2D eigenvalue weighted by Crippen LogP contribution is 2.20. The lowest BCUT2D eigenvalue weighted by Crippen LogP contribution is -1.99. The molecule has 0 aliphatic heterocycles. The maximum atomic E-state index is 12.6. The third kappa shape index (κ3) is 1.08. The van der Waals surface area contributed by atoms with Gasteiger partial charge in [-0.2, -0.15) is 5.26 Å². The molecular formula is C7H6FN3. The topological polar surface area (TPSA) is 75.8 Å². The minimum atomic E-state index is -0.615. The van der Waals surface area contributed by atoms with Gasteiger partial charge in [0, 0.05) is 0 Å². The largest absolute Gasteiger partial charge is 0.398 e. The first-order valence-electron chi connectivity index (χ1n) is 2.90. The maximum absolute atomic E-state index is 12.6. The fourth-order valence-electron chi connectivity index (χ4n) is 0.736. The Bertz CT molecular complexity index is 327. The summed E-state index contributed by atoms with van der Waals surface area (Å²) in [6.45, 7) is 0. The second kappa shape index (κ2) is 2.46. The Morgan fingerprint density at radius 3 is 2.45 bits per heavy atom. The van der Waals surface area contributed by atoms with Crippen molar-refractivity contribution >= 4 is 11.4 Å². The highest BCUT2D eigenvalue weighted by molar-refractivity contribution is 5.67. The molecule has 0 radical (unpaired) electrons. The van der Waals surface area contributed by atoms with E-state index >= 15 is 0 Å². The number of anilines is 2. The van der Waals surface area contributed by atoms with Crippen LogP contribution in [0.5, 0.6) is 0 Å². The summed E-state index contributed by atoms with van der Waals surface area (Å²) in [6.07, 6.45) is 0. The summed E-state index contributed by atoms with van der Waals surface area (Å²) in [6, 6.07) is 4.15. The van der Waals surface area contributed by atoms with Crippen molar-refractivity contribution in [3.05, 3.63) is 23.5 Å². The van der Waals surface area contributed by atoms with Gasteiger partial charge in [0.25, 0.3) is 0 Å². The summed E-state index contributed by atoms with van der Waals surface area (Å²) in [5, 5.41) is 8.45. The van der Waals surface area contributed by atoms with Gasteiger partial charge in [-0.15, -0.1) is 0 Å². The minimum Gasteiger partial charge on any atom is -0.398 e. The first kappa shape index (κ1) is 7.35. The van der Waals surface area contributed by atoms with Gasteiger partial charge in [0.1, 0.15) is 17.4 Å². The van der Waals surface area contributed by atoms with Crippen LogP contribution in [0.1, 0.15) is 5.56 Å². The van der Waals surface area contributed by atoms with Crippen LogP contribution in [0, 0.1) is 17.1 Å². The van der Waals surface area contributed by atoms with Gasteiger partial charge in [0.15, 0.2) is 0 Å². The van der Waals surface area contributed by atoms with Gasteiger partial charge in [-0.25, -0.2) is 4.39 Å². The highest BCUT2D eigenvalue weighted by atomic mass is 19.1. The number of halogens is 1. The highest BCUT2D eigenvalue weighted by Gasteiger charge is 2.06. The van der Waals surface area contributed by atoms with Gasteiger partial charge >= 0.3 is 0 Å². The second-order valence-corrected chi connectivity index (χ2v) is 2.04. The summed E-state index contributed by atoms with van der Waals surface area (Å²) in [5.41, 5.74) is 10.6. The number of nitrogens with zero attached hydrogens (tertiary/aromatic N) is 1. The van der Waals surface area contributed by atoms with Crippen LogP contribution in [-0.4, -0.2) is 0 Å².